The summed E-state index contributed by atoms with van der Waals surface area (Å²) < 4.78 is 11.1. The highest BCUT2D eigenvalue weighted by atomic mass is 16.5. The van der Waals surface area contributed by atoms with Crippen LogP contribution in [-0.2, 0) is 6.42 Å². The van der Waals surface area contributed by atoms with E-state index in [0.29, 0.717) is 22.9 Å². The van der Waals surface area contributed by atoms with Crippen LogP contribution in [-0.4, -0.2) is 15.9 Å². The van der Waals surface area contributed by atoms with Crippen LogP contribution in [0.4, 0.5) is 0 Å². The normalized spacial score (nSPS) is 12.0. The molecule has 2 aromatic carbocycles. The first-order valence-electron chi connectivity index (χ1n) is 14.1. The number of unbranched alkanes of at least 4 members (excludes halogenated alkanes) is 5. The lowest BCUT2D eigenvalue weighted by Crippen LogP contribution is -2.08. The van der Waals surface area contributed by atoms with Crippen LogP contribution in [0.2, 0.25) is 0 Å². The van der Waals surface area contributed by atoms with Crippen molar-refractivity contribution < 1.29 is 14.3 Å². The van der Waals surface area contributed by atoms with Crippen molar-refractivity contribution >= 4 is 5.97 Å². The zero-order chi connectivity index (χ0) is 27.0. The number of hydrogen-bond donors (Lipinski definition) is 0. The van der Waals surface area contributed by atoms with E-state index in [1.165, 1.54) is 56.9 Å². The van der Waals surface area contributed by atoms with Crippen molar-refractivity contribution in [1.82, 2.24) is 9.97 Å². The molecule has 3 rings (SSSR count). The monoisotopic (exact) mass is 514 g/mol. The lowest BCUT2D eigenvalue weighted by molar-refractivity contribution is 0.0734. The van der Waals surface area contributed by atoms with Gasteiger partial charge in [-0.15, -0.1) is 0 Å². The van der Waals surface area contributed by atoms with Gasteiger partial charge in [-0.25, -0.2) is 14.8 Å². The van der Waals surface area contributed by atoms with E-state index in [0.717, 1.165) is 24.3 Å². The minimum Gasteiger partial charge on any atom is -0.465 e. The SMILES string of the molecule is CCCCCC=COc1ccc(C(=O)Oc2ccc(-c3ncc(CCCCCC(C)CC)cn3)cc2)cc1. The van der Waals surface area contributed by atoms with Crippen molar-refractivity contribution in [2.45, 2.75) is 85.0 Å². The van der Waals surface area contributed by atoms with Gasteiger partial charge in [0.25, 0.3) is 0 Å². The summed E-state index contributed by atoms with van der Waals surface area (Å²) in [7, 11) is 0. The molecule has 1 atom stereocenters. The van der Waals surface area contributed by atoms with E-state index < -0.39 is 5.97 Å². The van der Waals surface area contributed by atoms with Crippen LogP contribution in [0.3, 0.4) is 0 Å². The third-order valence-corrected chi connectivity index (χ3v) is 6.75. The Kier molecular flexibility index (Phi) is 12.5. The maximum atomic E-state index is 12.6. The molecule has 1 heterocycles. The average Bonchev–Trinajstić information content (AvgIpc) is 2.95. The second-order valence-electron chi connectivity index (χ2n) is 9.95. The zero-order valence-electron chi connectivity index (χ0n) is 23.2. The summed E-state index contributed by atoms with van der Waals surface area (Å²) in [5.41, 5.74) is 2.52. The van der Waals surface area contributed by atoms with Gasteiger partial charge < -0.3 is 9.47 Å². The predicted molar refractivity (Wildman–Crippen MR) is 154 cm³/mol. The first-order valence-corrected chi connectivity index (χ1v) is 14.1. The average molecular weight is 515 g/mol. The van der Waals surface area contributed by atoms with E-state index in [-0.39, 0.29) is 0 Å². The lowest BCUT2D eigenvalue weighted by atomic mass is 10.00. The number of benzene rings is 2. The second-order valence-corrected chi connectivity index (χ2v) is 9.95. The van der Waals surface area contributed by atoms with Crippen molar-refractivity contribution in [3.8, 4) is 22.9 Å². The minimum absolute atomic E-state index is 0.413. The Morgan fingerprint density at radius 3 is 2.26 bits per heavy atom. The van der Waals surface area contributed by atoms with Gasteiger partial charge in [-0.1, -0.05) is 59.3 Å². The third kappa shape index (κ3) is 10.1. The van der Waals surface area contributed by atoms with Crippen LogP contribution in [0.1, 0.15) is 94.5 Å². The topological polar surface area (TPSA) is 61.3 Å². The van der Waals surface area contributed by atoms with Crippen LogP contribution in [0.25, 0.3) is 11.4 Å². The molecule has 38 heavy (non-hydrogen) atoms. The molecule has 1 aromatic heterocycles. The number of carbonyl (C=O) groups is 1. The summed E-state index contributed by atoms with van der Waals surface area (Å²) >= 11 is 0. The molecule has 0 saturated carbocycles. The number of ether oxygens (including phenoxy) is 2. The molecule has 0 amide bonds. The second kappa shape index (κ2) is 16.4. The Morgan fingerprint density at radius 2 is 1.58 bits per heavy atom. The molecule has 0 aliphatic rings. The predicted octanol–water partition coefficient (Wildman–Crippen LogP) is 8.98. The molecule has 0 N–H and O–H groups in total. The number of hydrogen-bond acceptors (Lipinski definition) is 5. The molecule has 0 fully saturated rings. The van der Waals surface area contributed by atoms with E-state index >= 15 is 0 Å². The summed E-state index contributed by atoms with van der Waals surface area (Å²) in [5, 5.41) is 0. The summed E-state index contributed by atoms with van der Waals surface area (Å²) in [6.45, 7) is 6.77. The van der Waals surface area contributed by atoms with Crippen LogP contribution in [0.15, 0.2) is 73.3 Å². The van der Waals surface area contributed by atoms with Gasteiger partial charge in [0.15, 0.2) is 5.82 Å². The molecule has 0 saturated heterocycles. The zero-order valence-corrected chi connectivity index (χ0v) is 23.2. The summed E-state index contributed by atoms with van der Waals surface area (Å²) in [5.74, 6) is 2.24. The lowest BCUT2D eigenvalue weighted by Gasteiger charge is -2.08. The molecule has 5 nitrogen and oxygen atoms in total. The third-order valence-electron chi connectivity index (χ3n) is 6.75. The Bertz CT molecular complexity index is 1110. The molecule has 0 aliphatic carbocycles. The fraction of sp³-hybridized carbons (Fsp3) is 0.424. The van der Waals surface area contributed by atoms with Gasteiger partial charge >= 0.3 is 5.97 Å². The van der Waals surface area contributed by atoms with E-state index in [1.807, 2.05) is 30.6 Å². The van der Waals surface area contributed by atoms with Crippen LogP contribution in [0.5, 0.6) is 11.5 Å². The van der Waals surface area contributed by atoms with Crippen molar-refractivity contribution in [1.29, 1.82) is 0 Å². The van der Waals surface area contributed by atoms with E-state index in [2.05, 4.69) is 30.7 Å². The fourth-order valence-corrected chi connectivity index (χ4v) is 4.05. The molecule has 0 radical (unpaired) electrons. The maximum absolute atomic E-state index is 12.6. The van der Waals surface area contributed by atoms with Gasteiger partial charge in [-0.2, -0.15) is 0 Å². The minimum atomic E-state index is -0.413. The molecule has 0 bridgehead atoms. The standard InChI is InChI=1S/C33H42N2O3/c1-4-6-7-8-12-23-37-30-19-17-29(18-20-30)33(36)38-31-21-15-28(16-22-31)32-34-24-27(25-35-32)14-11-9-10-13-26(3)5-2/h12,15-26H,4-11,13-14H2,1-3H3. The number of allylic oxidation sites excluding steroid dienone is 1. The summed E-state index contributed by atoms with van der Waals surface area (Å²) in [6.07, 6.45) is 19.5. The van der Waals surface area contributed by atoms with Crippen molar-refractivity contribution in [3.05, 3.63) is 84.4 Å². The van der Waals surface area contributed by atoms with Gasteiger partial charge in [0.1, 0.15) is 11.5 Å². The fourth-order valence-electron chi connectivity index (χ4n) is 4.05. The molecular weight excluding hydrogens is 472 g/mol. The van der Waals surface area contributed by atoms with Crippen molar-refractivity contribution in [2.24, 2.45) is 5.92 Å². The van der Waals surface area contributed by atoms with Gasteiger partial charge in [-0.3, -0.25) is 0 Å². The highest BCUT2D eigenvalue weighted by Crippen LogP contribution is 2.21. The number of esters is 1. The number of carbonyl (C=O) groups excluding carboxylic acids is 1. The Labute approximate surface area is 228 Å². The number of rotatable bonds is 16. The van der Waals surface area contributed by atoms with Gasteiger partial charge in [-0.05, 0) is 91.8 Å². The molecule has 0 aliphatic heterocycles. The Hall–Kier alpha value is -3.47. The first kappa shape index (κ1) is 29.1. The van der Waals surface area contributed by atoms with E-state index in [4.69, 9.17) is 9.47 Å². The highest BCUT2D eigenvalue weighted by molar-refractivity contribution is 5.91. The number of aromatic nitrogens is 2. The molecule has 3 aromatic rings. The smallest absolute Gasteiger partial charge is 0.343 e. The number of nitrogens with zero attached hydrogens (tertiary/aromatic N) is 2. The first-order chi connectivity index (χ1) is 18.6. The highest BCUT2D eigenvalue weighted by Gasteiger charge is 2.10. The van der Waals surface area contributed by atoms with Crippen molar-refractivity contribution in [3.63, 3.8) is 0 Å². The summed E-state index contributed by atoms with van der Waals surface area (Å²) in [4.78, 5) is 21.6. The summed E-state index contributed by atoms with van der Waals surface area (Å²) in [6, 6.07) is 14.2. The van der Waals surface area contributed by atoms with Gasteiger partial charge in [0.2, 0.25) is 0 Å². The molecule has 0 spiro atoms. The largest absolute Gasteiger partial charge is 0.465 e. The maximum Gasteiger partial charge on any atom is 0.343 e. The van der Waals surface area contributed by atoms with E-state index in [9.17, 15) is 4.79 Å². The molecule has 202 valence electrons. The van der Waals surface area contributed by atoms with Gasteiger partial charge in [0, 0.05) is 18.0 Å². The molecule has 1 unspecified atom stereocenters. The van der Waals surface area contributed by atoms with Crippen LogP contribution >= 0.6 is 0 Å². The molecular formula is C33H42N2O3. The molecule has 5 heteroatoms. The van der Waals surface area contributed by atoms with Crippen LogP contribution < -0.4 is 9.47 Å². The van der Waals surface area contributed by atoms with Crippen molar-refractivity contribution in [2.75, 3.05) is 0 Å². The van der Waals surface area contributed by atoms with E-state index in [1.54, 1.807) is 42.7 Å². The number of aryl methyl sites for hydroxylation is 1. The van der Waals surface area contributed by atoms with Crippen LogP contribution in [0, 0.1) is 5.92 Å². The Balaban J connectivity index is 1.44. The Morgan fingerprint density at radius 1 is 0.868 bits per heavy atom. The van der Waals surface area contributed by atoms with Gasteiger partial charge in [0.05, 0.1) is 11.8 Å². The quantitative estimate of drug-likeness (QED) is 0.0826.